The van der Waals surface area contributed by atoms with Crippen LogP contribution in [0.4, 0.5) is 0 Å². The molecular formula is C14H22O. The first-order chi connectivity index (χ1) is 7.04. The van der Waals surface area contributed by atoms with Gasteiger partial charge in [0, 0.05) is 5.92 Å². The van der Waals surface area contributed by atoms with E-state index in [0.717, 1.165) is 6.42 Å². The Bertz CT molecular complexity index is 298. The Kier molecular flexibility index (Phi) is 2.74. The summed E-state index contributed by atoms with van der Waals surface area (Å²) in [4.78, 5) is 11.0. The fraction of sp³-hybridized carbons (Fsp3) is 0.786. The average molecular weight is 206 g/mol. The molecule has 0 radical (unpaired) electrons. The molecule has 0 bridgehead atoms. The first-order valence-electron chi connectivity index (χ1n) is 6.21. The Morgan fingerprint density at radius 1 is 1.33 bits per heavy atom. The van der Waals surface area contributed by atoms with E-state index in [1.54, 1.807) is 11.1 Å². The lowest BCUT2D eigenvalue weighted by atomic mass is 9.63. The van der Waals surface area contributed by atoms with Gasteiger partial charge in [0.2, 0.25) is 0 Å². The standard InChI is InChI=1S/C14H22O/c1-10-7-11-5-4-6-14(2,3)13(11)8-12(10)9-15/h9-10,12H,4-8H2,1-3H3/t10-,12-/m1/s1. The fourth-order valence-electron chi connectivity index (χ4n) is 3.33. The van der Waals surface area contributed by atoms with E-state index in [9.17, 15) is 4.79 Å². The maximum atomic E-state index is 11.0. The molecule has 0 aromatic rings. The summed E-state index contributed by atoms with van der Waals surface area (Å²) in [5, 5.41) is 0. The maximum absolute atomic E-state index is 11.0. The normalized spacial score (nSPS) is 34.9. The molecule has 0 saturated heterocycles. The third-order valence-corrected chi connectivity index (χ3v) is 4.44. The van der Waals surface area contributed by atoms with Gasteiger partial charge in [-0.05, 0) is 43.4 Å². The predicted octanol–water partition coefficient (Wildman–Crippen LogP) is 3.74. The van der Waals surface area contributed by atoms with Crippen molar-refractivity contribution in [2.75, 3.05) is 0 Å². The van der Waals surface area contributed by atoms with E-state index in [1.807, 2.05) is 0 Å². The summed E-state index contributed by atoms with van der Waals surface area (Å²) in [5.74, 6) is 0.844. The number of allylic oxidation sites excluding steroid dienone is 2. The first kappa shape index (κ1) is 10.9. The molecule has 0 aliphatic heterocycles. The van der Waals surface area contributed by atoms with Gasteiger partial charge < -0.3 is 4.79 Å². The Labute approximate surface area is 92.9 Å². The van der Waals surface area contributed by atoms with Crippen LogP contribution >= 0.6 is 0 Å². The molecule has 0 amide bonds. The highest BCUT2D eigenvalue weighted by molar-refractivity contribution is 5.56. The Balaban J connectivity index is 2.30. The lowest BCUT2D eigenvalue weighted by Gasteiger charge is -2.41. The zero-order valence-electron chi connectivity index (χ0n) is 10.2. The van der Waals surface area contributed by atoms with Gasteiger partial charge in [-0.3, -0.25) is 0 Å². The van der Waals surface area contributed by atoms with Crippen molar-refractivity contribution >= 4 is 6.29 Å². The largest absolute Gasteiger partial charge is 0.303 e. The summed E-state index contributed by atoms with van der Waals surface area (Å²) >= 11 is 0. The number of hydrogen-bond acceptors (Lipinski definition) is 1. The van der Waals surface area contributed by atoms with Crippen LogP contribution < -0.4 is 0 Å². The van der Waals surface area contributed by atoms with Crippen molar-refractivity contribution in [2.24, 2.45) is 17.3 Å². The lowest BCUT2D eigenvalue weighted by molar-refractivity contribution is -0.112. The molecule has 0 N–H and O–H groups in total. The molecule has 1 heteroatoms. The summed E-state index contributed by atoms with van der Waals surface area (Å²) in [6.07, 6.45) is 7.30. The van der Waals surface area contributed by atoms with Crippen molar-refractivity contribution in [3.63, 3.8) is 0 Å². The Hall–Kier alpha value is -0.590. The highest BCUT2D eigenvalue weighted by Gasteiger charge is 2.36. The van der Waals surface area contributed by atoms with E-state index >= 15 is 0 Å². The van der Waals surface area contributed by atoms with Crippen LogP contribution in [0.15, 0.2) is 11.1 Å². The Morgan fingerprint density at radius 2 is 2.07 bits per heavy atom. The van der Waals surface area contributed by atoms with Crippen LogP contribution in [0.25, 0.3) is 0 Å². The number of carbonyl (C=O) groups excluding carboxylic acids is 1. The van der Waals surface area contributed by atoms with Gasteiger partial charge in [-0.25, -0.2) is 0 Å². The number of hydrogen-bond donors (Lipinski definition) is 0. The fourth-order valence-corrected chi connectivity index (χ4v) is 3.33. The molecule has 84 valence electrons. The second-order valence-corrected chi connectivity index (χ2v) is 6.01. The van der Waals surface area contributed by atoms with Gasteiger partial charge in [0.05, 0.1) is 0 Å². The van der Waals surface area contributed by atoms with Crippen LogP contribution in [0, 0.1) is 17.3 Å². The molecule has 2 aliphatic rings. The zero-order valence-corrected chi connectivity index (χ0v) is 10.2. The molecule has 2 atom stereocenters. The van der Waals surface area contributed by atoms with Crippen molar-refractivity contribution < 1.29 is 4.79 Å². The highest BCUT2D eigenvalue weighted by Crippen LogP contribution is 2.48. The van der Waals surface area contributed by atoms with Crippen LogP contribution in [0.1, 0.15) is 52.9 Å². The van der Waals surface area contributed by atoms with Crippen LogP contribution in [-0.4, -0.2) is 6.29 Å². The SMILES string of the molecule is C[C@@H]1CC2=C(C[C@@H]1C=O)C(C)(C)CCC2. The predicted molar refractivity (Wildman–Crippen MR) is 62.6 cm³/mol. The molecule has 0 unspecified atom stereocenters. The van der Waals surface area contributed by atoms with E-state index in [1.165, 1.54) is 32.0 Å². The van der Waals surface area contributed by atoms with E-state index in [-0.39, 0.29) is 5.92 Å². The lowest BCUT2D eigenvalue weighted by Crippen LogP contribution is -2.30. The van der Waals surface area contributed by atoms with Crippen LogP contribution in [0.3, 0.4) is 0 Å². The number of carbonyl (C=O) groups is 1. The molecular weight excluding hydrogens is 184 g/mol. The third-order valence-electron chi connectivity index (χ3n) is 4.44. The van der Waals surface area contributed by atoms with Gasteiger partial charge in [0.1, 0.15) is 6.29 Å². The van der Waals surface area contributed by atoms with E-state index in [2.05, 4.69) is 20.8 Å². The molecule has 15 heavy (non-hydrogen) atoms. The summed E-state index contributed by atoms with van der Waals surface area (Å²) < 4.78 is 0. The minimum Gasteiger partial charge on any atom is -0.303 e. The maximum Gasteiger partial charge on any atom is 0.123 e. The minimum atomic E-state index is 0.279. The van der Waals surface area contributed by atoms with Crippen LogP contribution in [0.2, 0.25) is 0 Å². The quantitative estimate of drug-likeness (QED) is 0.472. The van der Waals surface area contributed by atoms with Gasteiger partial charge in [-0.2, -0.15) is 0 Å². The molecule has 0 aromatic carbocycles. The van der Waals surface area contributed by atoms with Gasteiger partial charge in [-0.15, -0.1) is 0 Å². The molecule has 0 aromatic heterocycles. The zero-order chi connectivity index (χ0) is 11.1. The van der Waals surface area contributed by atoms with Gasteiger partial charge >= 0.3 is 0 Å². The number of rotatable bonds is 1. The molecule has 0 saturated carbocycles. The van der Waals surface area contributed by atoms with E-state index in [0.29, 0.717) is 11.3 Å². The van der Waals surface area contributed by atoms with Crippen LogP contribution in [0.5, 0.6) is 0 Å². The summed E-state index contributed by atoms with van der Waals surface area (Å²) in [6.45, 7) is 6.92. The third kappa shape index (κ3) is 1.89. The minimum absolute atomic E-state index is 0.279. The highest BCUT2D eigenvalue weighted by atomic mass is 16.1. The molecule has 0 spiro atoms. The van der Waals surface area contributed by atoms with Crippen molar-refractivity contribution in [3.05, 3.63) is 11.1 Å². The van der Waals surface area contributed by atoms with Gasteiger partial charge in [0.25, 0.3) is 0 Å². The molecule has 1 nitrogen and oxygen atoms in total. The summed E-state index contributed by atoms with van der Waals surface area (Å²) in [5.41, 5.74) is 3.65. The van der Waals surface area contributed by atoms with Crippen molar-refractivity contribution in [3.8, 4) is 0 Å². The second kappa shape index (κ2) is 3.77. The smallest absolute Gasteiger partial charge is 0.123 e. The van der Waals surface area contributed by atoms with Crippen molar-refractivity contribution in [2.45, 2.75) is 52.9 Å². The number of aldehydes is 1. The molecule has 2 aliphatic carbocycles. The molecule has 0 heterocycles. The van der Waals surface area contributed by atoms with Gasteiger partial charge in [0.15, 0.2) is 0 Å². The first-order valence-corrected chi connectivity index (χ1v) is 6.21. The van der Waals surface area contributed by atoms with Crippen LogP contribution in [-0.2, 0) is 4.79 Å². The van der Waals surface area contributed by atoms with E-state index in [4.69, 9.17) is 0 Å². The monoisotopic (exact) mass is 206 g/mol. The van der Waals surface area contributed by atoms with Crippen molar-refractivity contribution in [1.82, 2.24) is 0 Å². The summed E-state index contributed by atoms with van der Waals surface area (Å²) in [6, 6.07) is 0. The Morgan fingerprint density at radius 3 is 2.73 bits per heavy atom. The molecule has 2 rings (SSSR count). The second-order valence-electron chi connectivity index (χ2n) is 6.01. The topological polar surface area (TPSA) is 17.1 Å². The van der Waals surface area contributed by atoms with Gasteiger partial charge in [-0.1, -0.05) is 31.9 Å². The van der Waals surface area contributed by atoms with E-state index < -0.39 is 0 Å². The summed E-state index contributed by atoms with van der Waals surface area (Å²) in [7, 11) is 0. The average Bonchev–Trinajstić information content (AvgIpc) is 2.16. The van der Waals surface area contributed by atoms with Crippen molar-refractivity contribution in [1.29, 1.82) is 0 Å². The molecule has 0 fully saturated rings.